The van der Waals surface area contributed by atoms with E-state index in [1.165, 1.54) is 12.1 Å². The third-order valence-electron chi connectivity index (χ3n) is 2.97. The molecule has 3 heteroatoms. The van der Waals surface area contributed by atoms with Gasteiger partial charge in [-0.15, -0.1) is 0 Å². The largest absolute Gasteiger partial charge is 0.330 e. The highest BCUT2D eigenvalue weighted by Gasteiger charge is 2.23. The Hall–Kier alpha value is -0.600. The third-order valence-corrected chi connectivity index (χ3v) is 3.34. The molecular formula is C13H19ClFN. The summed E-state index contributed by atoms with van der Waals surface area (Å²) in [6.07, 6.45) is 2.82. The maximum atomic E-state index is 13.1. The Bertz CT molecular complexity index is 354. The quantitative estimate of drug-likeness (QED) is 0.837. The molecule has 1 rings (SSSR count). The average molecular weight is 244 g/mol. The number of halogens is 2. The molecule has 1 unspecified atom stereocenters. The van der Waals surface area contributed by atoms with Crippen molar-refractivity contribution in [3.05, 3.63) is 34.6 Å². The van der Waals surface area contributed by atoms with Crippen LogP contribution in [-0.4, -0.2) is 6.54 Å². The molecule has 0 aliphatic heterocycles. The summed E-state index contributed by atoms with van der Waals surface area (Å²) in [6.45, 7) is 4.84. The minimum atomic E-state index is -0.240. The van der Waals surface area contributed by atoms with Crippen LogP contribution in [-0.2, 0) is 6.42 Å². The van der Waals surface area contributed by atoms with E-state index in [0.29, 0.717) is 11.6 Å². The summed E-state index contributed by atoms with van der Waals surface area (Å²) in [5, 5.41) is 0.622. The smallest absolute Gasteiger partial charge is 0.123 e. The monoisotopic (exact) mass is 243 g/mol. The predicted molar refractivity (Wildman–Crippen MR) is 67.2 cm³/mol. The van der Waals surface area contributed by atoms with Gasteiger partial charge in [-0.1, -0.05) is 31.9 Å². The first-order valence-electron chi connectivity index (χ1n) is 5.65. The van der Waals surface area contributed by atoms with Crippen molar-refractivity contribution < 1.29 is 4.39 Å². The molecule has 0 aliphatic carbocycles. The highest BCUT2D eigenvalue weighted by Crippen LogP contribution is 2.30. The number of hydrogen-bond acceptors (Lipinski definition) is 1. The number of nitrogens with two attached hydrogens (primary N) is 1. The van der Waals surface area contributed by atoms with E-state index in [-0.39, 0.29) is 11.2 Å². The van der Waals surface area contributed by atoms with Crippen molar-refractivity contribution in [2.45, 2.75) is 33.1 Å². The number of benzene rings is 1. The first kappa shape index (κ1) is 13.5. The predicted octanol–water partition coefficient (Wildman–Crippen LogP) is 3.79. The maximum absolute atomic E-state index is 13.1. The normalized spacial score (nSPS) is 14.8. The van der Waals surface area contributed by atoms with Crippen molar-refractivity contribution in [2.24, 2.45) is 11.1 Å². The van der Waals surface area contributed by atoms with E-state index in [9.17, 15) is 4.39 Å². The van der Waals surface area contributed by atoms with E-state index in [2.05, 4.69) is 13.8 Å². The molecule has 0 aromatic heterocycles. The molecule has 0 amide bonds. The van der Waals surface area contributed by atoms with Crippen molar-refractivity contribution in [3.63, 3.8) is 0 Å². The minimum absolute atomic E-state index is 0.00613. The zero-order valence-electron chi connectivity index (χ0n) is 9.89. The summed E-state index contributed by atoms with van der Waals surface area (Å²) in [5.74, 6) is -0.240. The van der Waals surface area contributed by atoms with Gasteiger partial charge < -0.3 is 5.73 Å². The second kappa shape index (κ2) is 5.65. The molecule has 0 bridgehead atoms. The van der Waals surface area contributed by atoms with Crippen LogP contribution in [0.15, 0.2) is 18.2 Å². The van der Waals surface area contributed by atoms with Crippen molar-refractivity contribution in [2.75, 3.05) is 6.54 Å². The molecule has 1 aromatic rings. The molecular weight excluding hydrogens is 225 g/mol. The minimum Gasteiger partial charge on any atom is -0.330 e. The van der Waals surface area contributed by atoms with E-state index in [1.54, 1.807) is 6.07 Å². The average Bonchev–Trinajstić information content (AvgIpc) is 2.24. The molecule has 90 valence electrons. The van der Waals surface area contributed by atoms with E-state index >= 15 is 0 Å². The molecule has 1 atom stereocenters. The molecule has 1 aromatic carbocycles. The standard InChI is InChI=1S/C13H19ClFN/c1-3-6-13(2,9-16)8-10-7-11(15)4-5-12(10)14/h4-5,7H,3,6,8-9,16H2,1-2H3. The first-order chi connectivity index (χ1) is 7.50. The van der Waals surface area contributed by atoms with Crippen LogP contribution in [0, 0.1) is 11.2 Å². The van der Waals surface area contributed by atoms with Gasteiger partial charge in [-0.2, -0.15) is 0 Å². The molecule has 0 saturated carbocycles. The van der Waals surface area contributed by atoms with E-state index < -0.39 is 0 Å². The fraction of sp³-hybridized carbons (Fsp3) is 0.538. The lowest BCUT2D eigenvalue weighted by atomic mass is 9.80. The molecule has 0 fully saturated rings. The van der Waals surface area contributed by atoms with Gasteiger partial charge in [0.1, 0.15) is 5.82 Å². The van der Waals surface area contributed by atoms with Crippen LogP contribution in [0.4, 0.5) is 4.39 Å². The number of rotatable bonds is 5. The van der Waals surface area contributed by atoms with Gasteiger partial charge in [0.25, 0.3) is 0 Å². The maximum Gasteiger partial charge on any atom is 0.123 e. The Kier molecular flexibility index (Phi) is 4.75. The topological polar surface area (TPSA) is 26.0 Å². The van der Waals surface area contributed by atoms with Crippen LogP contribution >= 0.6 is 11.6 Å². The first-order valence-corrected chi connectivity index (χ1v) is 6.02. The highest BCUT2D eigenvalue weighted by atomic mass is 35.5. The third kappa shape index (κ3) is 3.46. The van der Waals surface area contributed by atoms with Crippen molar-refractivity contribution in [1.29, 1.82) is 0 Å². The van der Waals surface area contributed by atoms with E-state index in [4.69, 9.17) is 17.3 Å². The van der Waals surface area contributed by atoms with Crippen LogP contribution in [0.1, 0.15) is 32.3 Å². The summed E-state index contributed by atoms with van der Waals surface area (Å²) in [5.41, 5.74) is 6.65. The van der Waals surface area contributed by atoms with Gasteiger partial charge in [-0.25, -0.2) is 4.39 Å². The lowest BCUT2D eigenvalue weighted by Gasteiger charge is -2.28. The van der Waals surface area contributed by atoms with Gasteiger partial charge in [0.2, 0.25) is 0 Å². The zero-order valence-corrected chi connectivity index (χ0v) is 10.6. The fourth-order valence-electron chi connectivity index (χ4n) is 2.00. The van der Waals surface area contributed by atoms with Gasteiger partial charge in [-0.3, -0.25) is 0 Å². The summed E-state index contributed by atoms with van der Waals surface area (Å²) >= 11 is 6.05. The van der Waals surface area contributed by atoms with Gasteiger partial charge in [0.15, 0.2) is 0 Å². The van der Waals surface area contributed by atoms with Crippen LogP contribution in [0.5, 0.6) is 0 Å². The molecule has 16 heavy (non-hydrogen) atoms. The Morgan fingerprint density at radius 1 is 1.44 bits per heavy atom. The van der Waals surface area contributed by atoms with Gasteiger partial charge in [-0.05, 0) is 48.6 Å². The summed E-state index contributed by atoms with van der Waals surface area (Å²) < 4.78 is 13.1. The van der Waals surface area contributed by atoms with E-state index in [0.717, 1.165) is 24.8 Å². The van der Waals surface area contributed by atoms with Gasteiger partial charge in [0, 0.05) is 5.02 Å². The fourth-order valence-corrected chi connectivity index (χ4v) is 2.19. The summed E-state index contributed by atoms with van der Waals surface area (Å²) in [7, 11) is 0. The SMILES string of the molecule is CCCC(C)(CN)Cc1cc(F)ccc1Cl. The lowest BCUT2D eigenvalue weighted by molar-refractivity contribution is 0.302. The number of hydrogen-bond donors (Lipinski definition) is 1. The molecule has 1 nitrogen and oxygen atoms in total. The lowest BCUT2D eigenvalue weighted by Crippen LogP contribution is -2.29. The van der Waals surface area contributed by atoms with Crippen molar-refractivity contribution in [3.8, 4) is 0 Å². The zero-order chi connectivity index (χ0) is 12.2. The van der Waals surface area contributed by atoms with Crippen molar-refractivity contribution in [1.82, 2.24) is 0 Å². The van der Waals surface area contributed by atoms with E-state index in [1.807, 2.05) is 0 Å². The Morgan fingerprint density at radius 3 is 2.69 bits per heavy atom. The van der Waals surface area contributed by atoms with Crippen LogP contribution < -0.4 is 5.73 Å². The molecule has 0 radical (unpaired) electrons. The van der Waals surface area contributed by atoms with Crippen LogP contribution in [0.25, 0.3) is 0 Å². The highest BCUT2D eigenvalue weighted by molar-refractivity contribution is 6.31. The summed E-state index contributed by atoms with van der Waals surface area (Å²) in [6, 6.07) is 4.49. The van der Waals surface area contributed by atoms with Gasteiger partial charge in [0.05, 0.1) is 0 Å². The molecule has 0 spiro atoms. The van der Waals surface area contributed by atoms with Gasteiger partial charge >= 0.3 is 0 Å². The Balaban J connectivity index is 2.89. The van der Waals surface area contributed by atoms with Crippen molar-refractivity contribution >= 4 is 11.6 Å². The Morgan fingerprint density at radius 2 is 2.12 bits per heavy atom. The second-order valence-corrected chi connectivity index (χ2v) is 5.08. The van der Waals surface area contributed by atoms with Crippen LogP contribution in [0.3, 0.4) is 0 Å². The van der Waals surface area contributed by atoms with Crippen LogP contribution in [0.2, 0.25) is 5.02 Å². The molecule has 0 aliphatic rings. The molecule has 0 heterocycles. The summed E-state index contributed by atoms with van der Waals surface area (Å²) in [4.78, 5) is 0. The Labute approximate surface area is 102 Å². The second-order valence-electron chi connectivity index (χ2n) is 4.68. The molecule has 0 saturated heterocycles. The molecule has 2 N–H and O–H groups in total.